The Hall–Kier alpha value is -7.62. The summed E-state index contributed by atoms with van der Waals surface area (Å²) in [5.74, 6) is 0. The van der Waals surface area contributed by atoms with Crippen molar-refractivity contribution in [3.63, 3.8) is 0 Å². The summed E-state index contributed by atoms with van der Waals surface area (Å²) in [6.45, 7) is 0. The molecule has 11 rings (SSSR count). The van der Waals surface area contributed by atoms with Crippen LogP contribution in [0, 0.1) is 0 Å². The maximum atomic E-state index is 6.55. The monoisotopic (exact) mass is 729 g/mol. The minimum atomic E-state index is 0.837. The Morgan fingerprint density at radius 2 is 0.544 bits per heavy atom. The van der Waals surface area contributed by atoms with Gasteiger partial charge in [-0.05, 0) is 111 Å². The van der Waals surface area contributed by atoms with E-state index in [9.17, 15) is 0 Å². The molecule has 0 spiro atoms. The molecule has 3 nitrogen and oxygen atoms in total. The van der Waals surface area contributed by atoms with Gasteiger partial charge in [0.1, 0.15) is 22.3 Å². The average Bonchev–Trinajstić information content (AvgIpc) is 3.83. The Morgan fingerprint density at radius 1 is 0.228 bits per heavy atom. The number of fused-ring (bicyclic) bond motifs is 6. The first-order valence-corrected chi connectivity index (χ1v) is 19.3. The van der Waals surface area contributed by atoms with E-state index >= 15 is 0 Å². The molecule has 0 saturated carbocycles. The van der Waals surface area contributed by atoms with Crippen molar-refractivity contribution in [1.29, 1.82) is 0 Å². The largest absolute Gasteiger partial charge is 0.456 e. The van der Waals surface area contributed by atoms with Gasteiger partial charge in [0.15, 0.2) is 0 Å². The minimum absolute atomic E-state index is 0.837. The Bertz CT molecular complexity index is 3180. The summed E-state index contributed by atoms with van der Waals surface area (Å²) >= 11 is 0. The molecular weight excluding hydrogens is 695 g/mol. The average molecular weight is 730 g/mol. The molecule has 0 radical (unpaired) electrons. The molecule has 2 heterocycles. The molecule has 3 heteroatoms. The van der Waals surface area contributed by atoms with Gasteiger partial charge in [0.25, 0.3) is 0 Å². The van der Waals surface area contributed by atoms with Gasteiger partial charge in [-0.1, -0.05) is 146 Å². The van der Waals surface area contributed by atoms with E-state index < -0.39 is 0 Å². The van der Waals surface area contributed by atoms with E-state index in [0.717, 1.165) is 66.5 Å². The molecule has 57 heavy (non-hydrogen) atoms. The summed E-state index contributed by atoms with van der Waals surface area (Å²) in [6.07, 6.45) is 0. The molecule has 268 valence electrons. The Labute approximate surface area is 330 Å². The fraction of sp³-hybridized carbons (Fsp3) is 0. The summed E-state index contributed by atoms with van der Waals surface area (Å²) in [5.41, 5.74) is 16.0. The molecule has 9 aromatic carbocycles. The highest BCUT2D eigenvalue weighted by Crippen LogP contribution is 2.42. The minimum Gasteiger partial charge on any atom is -0.456 e. The molecule has 0 N–H and O–H groups in total. The first-order valence-electron chi connectivity index (χ1n) is 19.3. The van der Waals surface area contributed by atoms with Crippen LogP contribution in [0.5, 0.6) is 0 Å². The molecule has 0 amide bonds. The van der Waals surface area contributed by atoms with E-state index in [1.807, 2.05) is 6.07 Å². The van der Waals surface area contributed by atoms with Crippen molar-refractivity contribution in [2.75, 3.05) is 4.90 Å². The van der Waals surface area contributed by atoms with Crippen molar-refractivity contribution >= 4 is 60.9 Å². The number of benzene rings is 9. The normalized spacial score (nSPS) is 11.5. The highest BCUT2D eigenvalue weighted by Gasteiger charge is 2.18. The van der Waals surface area contributed by atoms with Crippen LogP contribution in [0.25, 0.3) is 88.4 Å². The van der Waals surface area contributed by atoms with Gasteiger partial charge in [-0.3, -0.25) is 0 Å². The Balaban J connectivity index is 0.998. The maximum Gasteiger partial charge on any atom is 0.136 e. The summed E-state index contributed by atoms with van der Waals surface area (Å²) in [6, 6.07) is 75.1. The zero-order chi connectivity index (χ0) is 37.7. The van der Waals surface area contributed by atoms with Crippen molar-refractivity contribution in [3.05, 3.63) is 212 Å². The SMILES string of the molecule is c1ccc(-c2ccc(-c3ccc(N(c4ccc(-c5ccccc5)cc4)c4ccc5oc6cc7c(cc6c5c4)oc4ccc(-c5ccccc5)cc47)cc3)cc2)cc1. The number of rotatable bonds is 7. The van der Waals surface area contributed by atoms with Gasteiger partial charge in [-0.15, -0.1) is 0 Å². The highest BCUT2D eigenvalue weighted by atomic mass is 16.3. The van der Waals surface area contributed by atoms with Gasteiger partial charge < -0.3 is 13.7 Å². The number of hydrogen-bond donors (Lipinski definition) is 0. The molecule has 0 aliphatic rings. The lowest BCUT2D eigenvalue weighted by molar-refractivity contribution is 0.664. The molecule has 0 bridgehead atoms. The number of nitrogens with zero attached hydrogens (tertiary/aromatic N) is 1. The number of furan rings is 2. The summed E-state index contributed by atoms with van der Waals surface area (Å²) in [5, 5.41) is 4.19. The van der Waals surface area contributed by atoms with Crippen LogP contribution in [0.1, 0.15) is 0 Å². The zero-order valence-corrected chi connectivity index (χ0v) is 31.0. The Morgan fingerprint density at radius 3 is 1.00 bits per heavy atom. The fourth-order valence-electron chi connectivity index (χ4n) is 8.15. The topological polar surface area (TPSA) is 29.5 Å². The standard InChI is InChI=1S/C54H35NO2/c1-4-10-36(11-5-1)39-16-18-40(19-17-39)42-22-27-45(28-23-42)55(44-25-20-41(21-26-44)37-12-6-2-7-13-37)46-29-31-52-48(33-46)50-35-53-49(34-54(50)57-52)47-32-43(24-30-51(47)56-53)38-14-8-3-9-15-38/h1-35H. The van der Waals surface area contributed by atoms with Crippen LogP contribution in [-0.2, 0) is 0 Å². The molecule has 0 atom stereocenters. The third-order valence-corrected chi connectivity index (χ3v) is 11.1. The molecule has 0 aliphatic carbocycles. The van der Waals surface area contributed by atoms with Crippen LogP contribution in [-0.4, -0.2) is 0 Å². The molecule has 0 fully saturated rings. The third kappa shape index (κ3) is 5.94. The van der Waals surface area contributed by atoms with E-state index in [1.165, 1.54) is 38.9 Å². The highest BCUT2D eigenvalue weighted by molar-refractivity contribution is 6.15. The van der Waals surface area contributed by atoms with E-state index in [-0.39, 0.29) is 0 Å². The number of hydrogen-bond acceptors (Lipinski definition) is 3. The van der Waals surface area contributed by atoms with Gasteiger partial charge in [0, 0.05) is 38.6 Å². The fourth-order valence-corrected chi connectivity index (χ4v) is 8.15. The van der Waals surface area contributed by atoms with Crippen LogP contribution >= 0.6 is 0 Å². The zero-order valence-electron chi connectivity index (χ0n) is 31.0. The van der Waals surface area contributed by atoms with Crippen molar-refractivity contribution in [1.82, 2.24) is 0 Å². The first kappa shape index (κ1) is 32.8. The lowest BCUT2D eigenvalue weighted by atomic mass is 10.00. The van der Waals surface area contributed by atoms with Gasteiger partial charge in [-0.25, -0.2) is 0 Å². The molecule has 11 aromatic rings. The lowest BCUT2D eigenvalue weighted by Gasteiger charge is -2.26. The van der Waals surface area contributed by atoms with Crippen molar-refractivity contribution in [2.45, 2.75) is 0 Å². The van der Waals surface area contributed by atoms with Crippen LogP contribution in [0.3, 0.4) is 0 Å². The second-order valence-electron chi connectivity index (χ2n) is 14.5. The Kier molecular flexibility index (Phi) is 7.82. The summed E-state index contributed by atoms with van der Waals surface area (Å²) < 4.78 is 13.0. The summed E-state index contributed by atoms with van der Waals surface area (Å²) in [7, 11) is 0. The predicted molar refractivity (Wildman–Crippen MR) is 237 cm³/mol. The smallest absolute Gasteiger partial charge is 0.136 e. The van der Waals surface area contributed by atoms with Gasteiger partial charge >= 0.3 is 0 Å². The predicted octanol–water partition coefficient (Wildman–Crippen LogP) is 15.6. The first-order chi connectivity index (χ1) is 28.2. The molecule has 0 saturated heterocycles. The third-order valence-electron chi connectivity index (χ3n) is 11.1. The lowest BCUT2D eigenvalue weighted by Crippen LogP contribution is -2.09. The van der Waals surface area contributed by atoms with Crippen LogP contribution in [0.4, 0.5) is 17.1 Å². The molecule has 0 unspecified atom stereocenters. The summed E-state index contributed by atoms with van der Waals surface area (Å²) in [4.78, 5) is 2.32. The van der Waals surface area contributed by atoms with Crippen LogP contribution < -0.4 is 4.90 Å². The van der Waals surface area contributed by atoms with Crippen LogP contribution in [0.2, 0.25) is 0 Å². The quantitative estimate of drug-likeness (QED) is 0.164. The van der Waals surface area contributed by atoms with Crippen LogP contribution in [0.15, 0.2) is 221 Å². The molecule has 2 aromatic heterocycles. The van der Waals surface area contributed by atoms with Gasteiger partial charge in [0.05, 0.1) is 0 Å². The number of anilines is 3. The van der Waals surface area contributed by atoms with Crippen molar-refractivity contribution < 1.29 is 8.83 Å². The van der Waals surface area contributed by atoms with Crippen molar-refractivity contribution in [2.24, 2.45) is 0 Å². The van der Waals surface area contributed by atoms with E-state index in [4.69, 9.17) is 8.83 Å². The van der Waals surface area contributed by atoms with Gasteiger partial charge in [0.2, 0.25) is 0 Å². The van der Waals surface area contributed by atoms with E-state index in [2.05, 4.69) is 211 Å². The van der Waals surface area contributed by atoms with Gasteiger partial charge in [-0.2, -0.15) is 0 Å². The maximum absolute atomic E-state index is 6.55. The molecule has 0 aliphatic heterocycles. The second-order valence-corrected chi connectivity index (χ2v) is 14.5. The molecular formula is C54H35NO2. The second kappa shape index (κ2) is 13.6. The van der Waals surface area contributed by atoms with E-state index in [0.29, 0.717) is 0 Å². The van der Waals surface area contributed by atoms with Crippen molar-refractivity contribution in [3.8, 4) is 44.5 Å². The van der Waals surface area contributed by atoms with E-state index in [1.54, 1.807) is 0 Å².